The summed E-state index contributed by atoms with van der Waals surface area (Å²) in [5.74, 6) is -0.324. The van der Waals surface area contributed by atoms with Gasteiger partial charge in [-0.1, -0.05) is 0 Å². The predicted molar refractivity (Wildman–Crippen MR) is 53.5 cm³/mol. The first kappa shape index (κ1) is 9.58. The van der Waals surface area contributed by atoms with Crippen molar-refractivity contribution in [2.75, 3.05) is 6.61 Å². The Bertz CT molecular complexity index is 324. The highest BCUT2D eigenvalue weighted by Gasteiger charge is 2.35. The van der Waals surface area contributed by atoms with Gasteiger partial charge < -0.3 is 14.8 Å². The average Bonchev–Trinajstić information content (AvgIpc) is 2.61. The van der Waals surface area contributed by atoms with Gasteiger partial charge in [-0.05, 0) is 35.0 Å². The normalized spacial score (nSPS) is 28.4. The second kappa shape index (κ2) is 3.65. The van der Waals surface area contributed by atoms with Gasteiger partial charge in [0.1, 0.15) is 11.8 Å². The van der Waals surface area contributed by atoms with E-state index in [1.165, 1.54) is 0 Å². The van der Waals surface area contributed by atoms with Gasteiger partial charge in [0.15, 0.2) is 4.67 Å². The molecule has 0 aliphatic carbocycles. The Balaban J connectivity index is 2.01. The summed E-state index contributed by atoms with van der Waals surface area (Å²) < 4.78 is 10.9. The Hall–Kier alpha value is -0.970. The molecule has 2 aliphatic heterocycles. The number of ether oxygens (including phenoxy) is 2. The standard InChI is InChI=1S/C9H10BrNO3/c1-2-13-9(12)6-3-7-5(11-6)4-8(10)14-7/h3-5,7,11H,2H2,1H3. The third kappa shape index (κ3) is 1.64. The Morgan fingerprint density at radius 3 is 3.14 bits per heavy atom. The summed E-state index contributed by atoms with van der Waals surface area (Å²) in [6, 6.07) is 0.0452. The smallest absolute Gasteiger partial charge is 0.354 e. The summed E-state index contributed by atoms with van der Waals surface area (Å²) in [6.45, 7) is 2.16. The topological polar surface area (TPSA) is 47.6 Å². The minimum atomic E-state index is -0.324. The fourth-order valence-electron chi connectivity index (χ4n) is 1.47. The number of hydrogen-bond acceptors (Lipinski definition) is 4. The van der Waals surface area contributed by atoms with Crippen molar-refractivity contribution >= 4 is 21.9 Å². The van der Waals surface area contributed by atoms with Gasteiger partial charge in [-0.15, -0.1) is 0 Å². The van der Waals surface area contributed by atoms with Crippen LogP contribution in [0.1, 0.15) is 6.92 Å². The van der Waals surface area contributed by atoms with Gasteiger partial charge in [0.2, 0.25) is 0 Å². The fraction of sp³-hybridized carbons (Fsp3) is 0.444. The van der Waals surface area contributed by atoms with Gasteiger partial charge in [0.05, 0.1) is 12.6 Å². The van der Waals surface area contributed by atoms with E-state index in [0.29, 0.717) is 17.0 Å². The molecule has 4 nitrogen and oxygen atoms in total. The van der Waals surface area contributed by atoms with E-state index in [0.717, 1.165) is 0 Å². The molecule has 0 aromatic carbocycles. The maximum absolute atomic E-state index is 11.3. The summed E-state index contributed by atoms with van der Waals surface area (Å²) in [4.78, 5) is 11.3. The molecule has 0 saturated carbocycles. The van der Waals surface area contributed by atoms with Crippen LogP contribution in [0.15, 0.2) is 22.5 Å². The number of esters is 1. The number of hydrogen-bond donors (Lipinski definition) is 1. The molecule has 0 aromatic heterocycles. The molecule has 0 bridgehead atoms. The molecular formula is C9H10BrNO3. The van der Waals surface area contributed by atoms with Crippen molar-refractivity contribution in [2.24, 2.45) is 0 Å². The van der Waals surface area contributed by atoms with Crippen LogP contribution in [-0.2, 0) is 14.3 Å². The van der Waals surface area contributed by atoms with Crippen molar-refractivity contribution in [3.63, 3.8) is 0 Å². The fourth-order valence-corrected chi connectivity index (χ4v) is 1.97. The molecule has 2 atom stereocenters. The van der Waals surface area contributed by atoms with E-state index in [2.05, 4.69) is 21.2 Å². The number of carbonyl (C=O) groups excluding carboxylic acids is 1. The molecule has 2 unspecified atom stereocenters. The van der Waals surface area contributed by atoms with Gasteiger partial charge in [-0.3, -0.25) is 0 Å². The van der Waals surface area contributed by atoms with Crippen LogP contribution in [-0.4, -0.2) is 24.7 Å². The number of nitrogens with one attached hydrogen (secondary N) is 1. The van der Waals surface area contributed by atoms with E-state index in [1.54, 1.807) is 13.0 Å². The number of rotatable bonds is 2. The Labute approximate surface area is 90.1 Å². The molecule has 1 N–H and O–H groups in total. The molecule has 0 aromatic rings. The minimum absolute atomic E-state index is 0.0452. The highest BCUT2D eigenvalue weighted by Crippen LogP contribution is 2.28. The highest BCUT2D eigenvalue weighted by molar-refractivity contribution is 9.11. The summed E-state index contributed by atoms with van der Waals surface area (Å²) in [6.07, 6.45) is 3.53. The van der Waals surface area contributed by atoms with Crippen molar-refractivity contribution in [1.29, 1.82) is 0 Å². The van der Waals surface area contributed by atoms with E-state index in [1.807, 2.05) is 6.08 Å². The van der Waals surface area contributed by atoms with Crippen molar-refractivity contribution in [2.45, 2.75) is 19.1 Å². The lowest BCUT2D eigenvalue weighted by Gasteiger charge is -2.08. The lowest BCUT2D eigenvalue weighted by molar-refractivity contribution is -0.138. The van der Waals surface area contributed by atoms with Crippen LogP contribution >= 0.6 is 15.9 Å². The van der Waals surface area contributed by atoms with Crippen LogP contribution in [0.25, 0.3) is 0 Å². The molecule has 0 saturated heterocycles. The van der Waals surface area contributed by atoms with Gasteiger partial charge >= 0.3 is 5.97 Å². The van der Waals surface area contributed by atoms with Crippen molar-refractivity contribution in [3.05, 3.63) is 22.5 Å². The van der Waals surface area contributed by atoms with E-state index >= 15 is 0 Å². The summed E-state index contributed by atoms with van der Waals surface area (Å²) in [5.41, 5.74) is 0.484. The SMILES string of the molecule is CCOC(=O)C1=CC2OC(Br)=CC2N1. The predicted octanol–water partition coefficient (Wildman–Crippen LogP) is 1.04. The third-order valence-corrected chi connectivity index (χ3v) is 2.51. The monoisotopic (exact) mass is 259 g/mol. The van der Waals surface area contributed by atoms with Gasteiger partial charge in [0, 0.05) is 0 Å². The second-order valence-electron chi connectivity index (χ2n) is 3.02. The molecule has 0 fully saturated rings. The van der Waals surface area contributed by atoms with E-state index < -0.39 is 0 Å². The molecule has 2 aliphatic rings. The average molecular weight is 260 g/mol. The number of carbonyl (C=O) groups is 1. The summed E-state index contributed by atoms with van der Waals surface area (Å²) >= 11 is 3.23. The summed E-state index contributed by atoms with van der Waals surface area (Å²) in [5, 5.41) is 3.02. The molecule has 2 heterocycles. The van der Waals surface area contributed by atoms with Crippen molar-refractivity contribution < 1.29 is 14.3 Å². The molecule has 0 spiro atoms. The van der Waals surface area contributed by atoms with E-state index in [4.69, 9.17) is 9.47 Å². The van der Waals surface area contributed by atoms with Gasteiger partial charge in [-0.2, -0.15) is 0 Å². The van der Waals surface area contributed by atoms with Crippen LogP contribution in [0.3, 0.4) is 0 Å². The van der Waals surface area contributed by atoms with Crippen molar-refractivity contribution in [1.82, 2.24) is 5.32 Å². The maximum atomic E-state index is 11.3. The lowest BCUT2D eigenvalue weighted by atomic mass is 10.2. The molecule has 76 valence electrons. The zero-order chi connectivity index (χ0) is 10.1. The van der Waals surface area contributed by atoms with Crippen LogP contribution in [0.4, 0.5) is 0 Å². The summed E-state index contributed by atoms with van der Waals surface area (Å²) in [7, 11) is 0. The van der Waals surface area contributed by atoms with Gasteiger partial charge in [-0.25, -0.2) is 4.79 Å². The number of halogens is 1. The van der Waals surface area contributed by atoms with E-state index in [9.17, 15) is 4.79 Å². The Kier molecular flexibility index (Phi) is 2.50. The maximum Gasteiger partial charge on any atom is 0.354 e. The van der Waals surface area contributed by atoms with Crippen molar-refractivity contribution in [3.8, 4) is 0 Å². The highest BCUT2D eigenvalue weighted by atomic mass is 79.9. The molecule has 5 heteroatoms. The van der Waals surface area contributed by atoms with Gasteiger partial charge in [0.25, 0.3) is 0 Å². The van der Waals surface area contributed by atoms with Crippen LogP contribution in [0.5, 0.6) is 0 Å². The molecule has 14 heavy (non-hydrogen) atoms. The molecule has 0 radical (unpaired) electrons. The molecule has 2 rings (SSSR count). The third-order valence-electron chi connectivity index (χ3n) is 2.06. The molecule has 0 amide bonds. The number of fused-ring (bicyclic) bond motifs is 1. The lowest BCUT2D eigenvalue weighted by Crippen LogP contribution is -2.29. The zero-order valence-corrected chi connectivity index (χ0v) is 9.21. The first-order valence-electron chi connectivity index (χ1n) is 4.40. The second-order valence-corrected chi connectivity index (χ2v) is 3.81. The first-order valence-corrected chi connectivity index (χ1v) is 5.19. The molecular weight excluding hydrogens is 250 g/mol. The van der Waals surface area contributed by atoms with Crippen LogP contribution < -0.4 is 5.32 Å². The largest absolute Gasteiger partial charge is 0.477 e. The minimum Gasteiger partial charge on any atom is -0.477 e. The van der Waals surface area contributed by atoms with Crippen LogP contribution in [0, 0.1) is 0 Å². The first-order chi connectivity index (χ1) is 6.70. The quantitative estimate of drug-likeness (QED) is 0.753. The zero-order valence-electron chi connectivity index (χ0n) is 7.62. The van der Waals surface area contributed by atoms with Crippen LogP contribution in [0.2, 0.25) is 0 Å². The Morgan fingerprint density at radius 1 is 1.71 bits per heavy atom. The van der Waals surface area contributed by atoms with E-state index in [-0.39, 0.29) is 18.1 Å². The Morgan fingerprint density at radius 2 is 2.50 bits per heavy atom.